The number of carbonyl (C=O) groups excluding carboxylic acids is 2. The van der Waals surface area contributed by atoms with E-state index < -0.39 is 6.09 Å². The van der Waals surface area contributed by atoms with Gasteiger partial charge in [0, 0.05) is 34.9 Å². The predicted octanol–water partition coefficient (Wildman–Crippen LogP) is 6.02. The van der Waals surface area contributed by atoms with Crippen molar-refractivity contribution >= 4 is 29.3 Å². The van der Waals surface area contributed by atoms with Gasteiger partial charge in [0.25, 0.3) is 5.91 Å². The first kappa shape index (κ1) is 28.3. The largest absolute Gasteiger partial charge is 0.493 e. The molecular weight excluding hydrogens is 518 g/mol. The highest BCUT2D eigenvalue weighted by Crippen LogP contribution is 2.32. The van der Waals surface area contributed by atoms with Crippen molar-refractivity contribution < 1.29 is 23.8 Å². The second kappa shape index (κ2) is 13.4. The van der Waals surface area contributed by atoms with Crippen LogP contribution in [0.5, 0.6) is 11.5 Å². The van der Waals surface area contributed by atoms with Crippen LogP contribution in [0.25, 0.3) is 0 Å². The lowest BCUT2D eigenvalue weighted by Crippen LogP contribution is -2.44. The number of carbonyl (C=O) groups is 2. The number of hydrogen-bond donors (Lipinski definition) is 2. The van der Waals surface area contributed by atoms with E-state index in [0.29, 0.717) is 33.3 Å². The third-order valence-corrected chi connectivity index (χ3v) is 7.29. The van der Waals surface area contributed by atoms with Crippen LogP contribution in [0.3, 0.4) is 0 Å². The number of halogens is 1. The van der Waals surface area contributed by atoms with Gasteiger partial charge in [-0.15, -0.1) is 0 Å². The minimum absolute atomic E-state index is 0.00563. The van der Waals surface area contributed by atoms with E-state index in [1.165, 1.54) is 7.11 Å². The number of hydrogen-bond acceptors (Lipinski definition) is 6. The Hall–Kier alpha value is -3.75. The van der Waals surface area contributed by atoms with Crippen molar-refractivity contribution in [2.75, 3.05) is 19.5 Å². The second-order valence-corrected chi connectivity index (χ2v) is 9.97. The van der Waals surface area contributed by atoms with Crippen molar-refractivity contribution in [3.05, 3.63) is 88.4 Å². The Kier molecular flexibility index (Phi) is 9.68. The molecule has 0 radical (unpaired) electrons. The number of rotatable bonds is 9. The molecule has 0 bridgehead atoms. The maximum atomic E-state index is 13.9. The summed E-state index contributed by atoms with van der Waals surface area (Å²) >= 11 is 6.58. The molecule has 0 unspecified atom stereocenters. The molecule has 0 heterocycles. The molecule has 0 atom stereocenters. The van der Waals surface area contributed by atoms with E-state index in [2.05, 4.69) is 5.32 Å². The van der Waals surface area contributed by atoms with E-state index >= 15 is 0 Å². The van der Waals surface area contributed by atoms with Crippen molar-refractivity contribution in [3.63, 3.8) is 0 Å². The molecule has 0 aliphatic heterocycles. The lowest BCUT2D eigenvalue weighted by atomic mass is 9.90. The predicted molar refractivity (Wildman–Crippen MR) is 151 cm³/mol. The van der Waals surface area contributed by atoms with Gasteiger partial charge in [-0.1, -0.05) is 41.9 Å². The fraction of sp³-hybridized carbons (Fsp3) is 0.333. The molecule has 1 aliphatic rings. The normalized spacial score (nSPS) is 16.7. The Morgan fingerprint density at radius 3 is 2.36 bits per heavy atom. The number of nitrogens with one attached hydrogen (secondary N) is 1. The zero-order valence-corrected chi connectivity index (χ0v) is 22.9. The standard InChI is InChI=1S/C30H34ClN3O5/c1-37-27-15-8-21(17-28(27)38-2)29(35)34(25-12-9-23(32)10-13-25)18-22-16-24(11-14-26(22)31)33-30(36)39-19-20-6-4-3-5-7-20/h3-8,11,14-17,23,25H,9-10,12-13,18-19,32H2,1-2H3,(H,33,36). The molecule has 1 saturated carbocycles. The molecule has 206 valence electrons. The Morgan fingerprint density at radius 2 is 1.67 bits per heavy atom. The third kappa shape index (κ3) is 7.43. The SMILES string of the molecule is COc1ccc(C(=O)N(Cc2cc(NC(=O)OCc3ccccc3)ccc2Cl)C2CCC(N)CC2)cc1OC. The third-order valence-electron chi connectivity index (χ3n) is 6.92. The Labute approximate surface area is 234 Å². The van der Waals surface area contributed by atoms with Gasteiger partial charge in [0.15, 0.2) is 11.5 Å². The Balaban J connectivity index is 1.53. The van der Waals surface area contributed by atoms with Gasteiger partial charge in [-0.2, -0.15) is 0 Å². The molecule has 1 aliphatic carbocycles. The first-order chi connectivity index (χ1) is 18.9. The van der Waals surface area contributed by atoms with Crippen LogP contribution < -0.4 is 20.5 Å². The number of methoxy groups -OCH3 is 2. The maximum absolute atomic E-state index is 13.9. The van der Waals surface area contributed by atoms with Gasteiger partial charge in [-0.3, -0.25) is 10.1 Å². The molecule has 39 heavy (non-hydrogen) atoms. The van der Waals surface area contributed by atoms with Crippen LogP contribution in [-0.4, -0.2) is 43.2 Å². The van der Waals surface area contributed by atoms with Gasteiger partial charge in [0.1, 0.15) is 6.61 Å². The quantitative estimate of drug-likeness (QED) is 0.337. The zero-order valence-electron chi connectivity index (χ0n) is 22.2. The number of ether oxygens (including phenoxy) is 3. The van der Waals surface area contributed by atoms with Gasteiger partial charge in [0.2, 0.25) is 0 Å². The number of anilines is 1. The van der Waals surface area contributed by atoms with Crippen molar-refractivity contribution in [1.29, 1.82) is 0 Å². The summed E-state index contributed by atoms with van der Waals surface area (Å²) in [5.74, 6) is 0.880. The Bertz CT molecular complexity index is 1280. The van der Waals surface area contributed by atoms with E-state index in [0.717, 1.165) is 31.2 Å². The number of nitrogens with two attached hydrogens (primary N) is 1. The number of amides is 2. The molecule has 9 heteroatoms. The van der Waals surface area contributed by atoms with Crippen molar-refractivity contribution in [3.8, 4) is 11.5 Å². The van der Waals surface area contributed by atoms with Crippen molar-refractivity contribution in [2.45, 2.75) is 50.9 Å². The summed E-state index contributed by atoms with van der Waals surface area (Å²) < 4.78 is 16.1. The molecule has 3 N–H and O–H groups in total. The average Bonchev–Trinajstić information content (AvgIpc) is 2.96. The van der Waals surface area contributed by atoms with E-state index in [1.807, 2.05) is 35.2 Å². The summed E-state index contributed by atoms with van der Waals surface area (Å²) in [4.78, 5) is 28.1. The molecule has 0 aromatic heterocycles. The van der Waals surface area contributed by atoms with Crippen LogP contribution in [0.1, 0.15) is 47.2 Å². The Morgan fingerprint density at radius 1 is 0.949 bits per heavy atom. The summed E-state index contributed by atoms with van der Waals surface area (Å²) in [7, 11) is 3.09. The fourth-order valence-electron chi connectivity index (χ4n) is 4.75. The van der Waals surface area contributed by atoms with Gasteiger partial charge in [0.05, 0.1) is 14.2 Å². The molecule has 0 saturated heterocycles. The van der Waals surface area contributed by atoms with Crippen molar-refractivity contribution in [1.82, 2.24) is 4.90 Å². The topological polar surface area (TPSA) is 103 Å². The molecular formula is C30H34ClN3O5. The van der Waals surface area contributed by atoms with Gasteiger partial charge in [-0.25, -0.2) is 4.79 Å². The van der Waals surface area contributed by atoms with Gasteiger partial charge >= 0.3 is 6.09 Å². The molecule has 4 rings (SSSR count). The van der Waals surface area contributed by atoms with Crippen LogP contribution >= 0.6 is 11.6 Å². The number of benzene rings is 3. The monoisotopic (exact) mass is 551 g/mol. The van der Waals surface area contributed by atoms with E-state index in [-0.39, 0.29) is 31.1 Å². The minimum Gasteiger partial charge on any atom is -0.493 e. The molecule has 2 amide bonds. The average molecular weight is 552 g/mol. The van der Waals surface area contributed by atoms with Crippen LogP contribution in [0, 0.1) is 0 Å². The summed E-state index contributed by atoms with van der Waals surface area (Å²) in [5.41, 5.74) is 8.76. The molecule has 1 fully saturated rings. The van der Waals surface area contributed by atoms with E-state index in [4.69, 9.17) is 31.5 Å². The van der Waals surface area contributed by atoms with E-state index in [1.54, 1.807) is 43.5 Å². The number of nitrogens with zero attached hydrogens (tertiary/aromatic N) is 1. The molecule has 3 aromatic carbocycles. The highest BCUT2D eigenvalue weighted by molar-refractivity contribution is 6.31. The van der Waals surface area contributed by atoms with Crippen LogP contribution in [0.2, 0.25) is 5.02 Å². The summed E-state index contributed by atoms with van der Waals surface area (Å²) in [6.45, 7) is 0.422. The van der Waals surface area contributed by atoms with Crippen LogP contribution in [0.15, 0.2) is 66.7 Å². The van der Waals surface area contributed by atoms with Gasteiger partial charge < -0.3 is 24.8 Å². The smallest absolute Gasteiger partial charge is 0.411 e. The van der Waals surface area contributed by atoms with Crippen LogP contribution in [-0.2, 0) is 17.9 Å². The molecule has 0 spiro atoms. The van der Waals surface area contributed by atoms with Crippen LogP contribution in [0.4, 0.5) is 10.5 Å². The molecule has 3 aromatic rings. The summed E-state index contributed by atoms with van der Waals surface area (Å²) in [6, 6.07) is 19.9. The summed E-state index contributed by atoms with van der Waals surface area (Å²) in [6.07, 6.45) is 2.68. The van der Waals surface area contributed by atoms with Crippen molar-refractivity contribution in [2.24, 2.45) is 5.73 Å². The van der Waals surface area contributed by atoms with Gasteiger partial charge in [-0.05, 0) is 73.2 Å². The first-order valence-corrected chi connectivity index (χ1v) is 13.3. The highest BCUT2D eigenvalue weighted by atomic mass is 35.5. The highest BCUT2D eigenvalue weighted by Gasteiger charge is 2.29. The lowest BCUT2D eigenvalue weighted by molar-refractivity contribution is 0.0606. The molecule has 8 nitrogen and oxygen atoms in total. The second-order valence-electron chi connectivity index (χ2n) is 9.56. The first-order valence-electron chi connectivity index (χ1n) is 12.9. The van der Waals surface area contributed by atoms with E-state index in [9.17, 15) is 9.59 Å². The fourth-order valence-corrected chi connectivity index (χ4v) is 4.93. The summed E-state index contributed by atoms with van der Waals surface area (Å²) in [5, 5.41) is 3.25. The maximum Gasteiger partial charge on any atom is 0.411 e. The lowest BCUT2D eigenvalue weighted by Gasteiger charge is -2.36. The minimum atomic E-state index is -0.577. The zero-order chi connectivity index (χ0) is 27.8.